The Bertz CT molecular complexity index is 941. The van der Waals surface area contributed by atoms with Crippen LogP contribution in [0.5, 0.6) is 0 Å². The number of benzene rings is 1. The number of hydrogen-bond donors (Lipinski definition) is 2. The summed E-state index contributed by atoms with van der Waals surface area (Å²) >= 11 is 0. The Kier molecular flexibility index (Phi) is 5.94. The number of nitrogens with one attached hydrogen (secondary N) is 2. The van der Waals surface area contributed by atoms with Gasteiger partial charge < -0.3 is 20.1 Å². The van der Waals surface area contributed by atoms with E-state index in [1.165, 1.54) is 12.8 Å². The molecule has 1 aliphatic carbocycles. The fourth-order valence-corrected chi connectivity index (χ4v) is 4.11. The third kappa shape index (κ3) is 4.67. The van der Waals surface area contributed by atoms with Crippen LogP contribution < -0.4 is 15.5 Å². The Hall–Kier alpha value is -2.67. The zero-order valence-electron chi connectivity index (χ0n) is 17.6. The summed E-state index contributed by atoms with van der Waals surface area (Å²) in [5, 5.41) is 8.25. The van der Waals surface area contributed by atoms with Crippen molar-refractivity contribution in [1.29, 1.82) is 0 Å². The minimum Gasteiger partial charge on any atom is -0.362 e. The minimum atomic E-state index is 0.442. The fourth-order valence-electron chi connectivity index (χ4n) is 4.11. The van der Waals surface area contributed by atoms with Crippen LogP contribution in [-0.4, -0.2) is 46.2 Å². The van der Waals surface area contributed by atoms with Crippen molar-refractivity contribution in [2.24, 2.45) is 13.0 Å². The Morgan fingerprint density at radius 3 is 2.62 bits per heavy atom. The van der Waals surface area contributed by atoms with Crippen molar-refractivity contribution >= 4 is 22.7 Å². The van der Waals surface area contributed by atoms with E-state index in [1.807, 2.05) is 45.7 Å². The Labute approximate surface area is 172 Å². The van der Waals surface area contributed by atoms with E-state index in [1.54, 1.807) is 0 Å². The Balaban J connectivity index is 1.31. The van der Waals surface area contributed by atoms with Crippen LogP contribution in [0.15, 0.2) is 36.7 Å². The molecule has 0 aliphatic heterocycles. The van der Waals surface area contributed by atoms with Gasteiger partial charge in [-0.25, -0.2) is 9.97 Å². The number of imidazole rings is 1. The number of aryl methyl sites for hydroxylation is 1. The first-order valence-corrected chi connectivity index (χ1v) is 10.5. The summed E-state index contributed by atoms with van der Waals surface area (Å²) in [6.45, 7) is 1.89. The largest absolute Gasteiger partial charge is 0.362 e. The van der Waals surface area contributed by atoms with Crippen LogP contribution in [0.3, 0.4) is 0 Å². The molecule has 154 valence electrons. The molecule has 29 heavy (non-hydrogen) atoms. The normalized spacial score (nSPS) is 19.4. The van der Waals surface area contributed by atoms with Gasteiger partial charge in [-0.3, -0.25) is 0 Å². The van der Waals surface area contributed by atoms with E-state index in [9.17, 15) is 0 Å². The lowest BCUT2D eigenvalue weighted by molar-refractivity contribution is 0.322. The zero-order chi connectivity index (χ0) is 20.2. The highest BCUT2D eigenvalue weighted by atomic mass is 15.2. The molecular formula is C22H31N7. The van der Waals surface area contributed by atoms with Crippen LogP contribution in [0.1, 0.15) is 31.5 Å². The molecule has 2 N–H and O–H groups in total. The van der Waals surface area contributed by atoms with Crippen LogP contribution in [-0.2, 0) is 13.6 Å². The highest BCUT2D eigenvalue weighted by Crippen LogP contribution is 2.28. The summed E-state index contributed by atoms with van der Waals surface area (Å²) in [6, 6.07) is 8.64. The predicted octanol–water partition coefficient (Wildman–Crippen LogP) is 3.19. The maximum Gasteiger partial charge on any atom is 0.225 e. The number of anilines is 2. The molecule has 4 rings (SSSR count). The highest BCUT2D eigenvalue weighted by molar-refractivity contribution is 5.90. The summed E-state index contributed by atoms with van der Waals surface area (Å²) < 4.78 is 2.07. The van der Waals surface area contributed by atoms with Crippen molar-refractivity contribution in [2.75, 3.05) is 30.9 Å². The standard InChI is InChI=1S/C22H31N7/c1-28(2)21-18-6-4-5-7-19(18)26-22(27-21)25-17-10-8-16(9-11-17)14-23-15-20-24-12-13-29(20)3/h4-7,12-13,16-17,23H,8-11,14-15H2,1-3H3,(H,25,26,27)/t16-,17+. The van der Waals surface area contributed by atoms with Gasteiger partial charge in [-0.2, -0.15) is 4.98 Å². The van der Waals surface area contributed by atoms with Crippen LogP contribution in [0.4, 0.5) is 11.8 Å². The molecule has 0 radical (unpaired) electrons. The van der Waals surface area contributed by atoms with Crippen molar-refractivity contribution in [3.05, 3.63) is 42.5 Å². The highest BCUT2D eigenvalue weighted by Gasteiger charge is 2.22. The number of para-hydroxylation sites is 1. The quantitative estimate of drug-likeness (QED) is 0.642. The molecule has 1 fully saturated rings. The van der Waals surface area contributed by atoms with Crippen LogP contribution in [0, 0.1) is 5.92 Å². The summed E-state index contributed by atoms with van der Waals surface area (Å²) in [4.78, 5) is 16.0. The van der Waals surface area contributed by atoms with E-state index < -0.39 is 0 Å². The summed E-state index contributed by atoms with van der Waals surface area (Å²) in [6.07, 6.45) is 8.60. The van der Waals surface area contributed by atoms with Gasteiger partial charge in [0.1, 0.15) is 11.6 Å². The third-order valence-corrected chi connectivity index (χ3v) is 5.82. The zero-order valence-corrected chi connectivity index (χ0v) is 17.6. The first-order chi connectivity index (χ1) is 14.1. The van der Waals surface area contributed by atoms with Crippen LogP contribution >= 0.6 is 0 Å². The van der Waals surface area contributed by atoms with Crippen molar-refractivity contribution < 1.29 is 0 Å². The molecule has 2 aromatic heterocycles. The van der Waals surface area contributed by atoms with Crippen LogP contribution in [0.2, 0.25) is 0 Å². The lowest BCUT2D eigenvalue weighted by Crippen LogP contribution is -2.32. The fraction of sp³-hybridized carbons (Fsp3) is 0.500. The lowest BCUT2D eigenvalue weighted by atomic mass is 9.86. The van der Waals surface area contributed by atoms with Crippen molar-refractivity contribution in [2.45, 2.75) is 38.3 Å². The second-order valence-electron chi connectivity index (χ2n) is 8.23. The molecule has 0 saturated heterocycles. The van der Waals surface area contributed by atoms with Gasteiger partial charge in [-0.15, -0.1) is 0 Å². The van der Waals surface area contributed by atoms with Gasteiger partial charge in [0.05, 0.1) is 12.1 Å². The molecule has 0 atom stereocenters. The molecule has 7 nitrogen and oxygen atoms in total. The molecular weight excluding hydrogens is 362 g/mol. The van der Waals surface area contributed by atoms with E-state index in [0.29, 0.717) is 6.04 Å². The molecule has 1 saturated carbocycles. The summed E-state index contributed by atoms with van der Waals surface area (Å²) in [5.74, 6) is 3.52. The number of rotatable bonds is 7. The average Bonchev–Trinajstić information content (AvgIpc) is 3.13. The molecule has 1 aliphatic rings. The first-order valence-electron chi connectivity index (χ1n) is 10.5. The van der Waals surface area contributed by atoms with E-state index in [2.05, 4.69) is 37.2 Å². The number of aromatic nitrogens is 4. The maximum atomic E-state index is 4.78. The number of hydrogen-bond acceptors (Lipinski definition) is 6. The molecule has 0 spiro atoms. The van der Waals surface area contributed by atoms with E-state index in [0.717, 1.165) is 60.3 Å². The molecule has 3 aromatic rings. The van der Waals surface area contributed by atoms with E-state index >= 15 is 0 Å². The predicted molar refractivity (Wildman–Crippen MR) is 118 cm³/mol. The second-order valence-corrected chi connectivity index (χ2v) is 8.23. The smallest absolute Gasteiger partial charge is 0.225 e. The Morgan fingerprint density at radius 2 is 1.90 bits per heavy atom. The average molecular weight is 394 g/mol. The van der Waals surface area contributed by atoms with Crippen molar-refractivity contribution in [3.63, 3.8) is 0 Å². The van der Waals surface area contributed by atoms with Crippen molar-refractivity contribution in [1.82, 2.24) is 24.8 Å². The van der Waals surface area contributed by atoms with Gasteiger partial charge in [0, 0.05) is 45.0 Å². The summed E-state index contributed by atoms with van der Waals surface area (Å²) in [5.41, 5.74) is 0.987. The molecule has 0 unspecified atom stereocenters. The molecule has 0 bridgehead atoms. The van der Waals surface area contributed by atoms with E-state index in [4.69, 9.17) is 9.97 Å². The van der Waals surface area contributed by atoms with Gasteiger partial charge in [0.2, 0.25) is 5.95 Å². The van der Waals surface area contributed by atoms with Crippen molar-refractivity contribution in [3.8, 4) is 0 Å². The van der Waals surface area contributed by atoms with Gasteiger partial charge in [-0.05, 0) is 50.3 Å². The first kappa shape index (κ1) is 19.6. The molecule has 0 amide bonds. The maximum absolute atomic E-state index is 4.78. The van der Waals surface area contributed by atoms with Gasteiger partial charge >= 0.3 is 0 Å². The van der Waals surface area contributed by atoms with Crippen LogP contribution in [0.25, 0.3) is 10.9 Å². The lowest BCUT2D eigenvalue weighted by Gasteiger charge is -2.29. The van der Waals surface area contributed by atoms with Gasteiger partial charge in [0.15, 0.2) is 0 Å². The summed E-state index contributed by atoms with van der Waals surface area (Å²) in [7, 11) is 6.10. The van der Waals surface area contributed by atoms with Gasteiger partial charge in [-0.1, -0.05) is 12.1 Å². The molecule has 1 aromatic carbocycles. The topological polar surface area (TPSA) is 70.9 Å². The Morgan fingerprint density at radius 1 is 1.10 bits per heavy atom. The minimum absolute atomic E-state index is 0.442. The molecule has 7 heteroatoms. The number of nitrogens with zero attached hydrogens (tertiary/aromatic N) is 5. The second kappa shape index (κ2) is 8.78. The SMILES string of the molecule is CN(C)c1nc(N[C@H]2CC[C@@H](CNCc3nccn3C)CC2)nc2ccccc12. The van der Waals surface area contributed by atoms with E-state index in [-0.39, 0.29) is 0 Å². The molecule has 2 heterocycles. The monoisotopic (exact) mass is 393 g/mol. The number of fused-ring (bicyclic) bond motifs is 1. The third-order valence-electron chi connectivity index (χ3n) is 5.82. The van der Waals surface area contributed by atoms with Gasteiger partial charge in [0.25, 0.3) is 0 Å².